The molecule has 1 aromatic rings. The van der Waals surface area contributed by atoms with E-state index in [0.29, 0.717) is 12.1 Å². The number of hydrogen-bond donors (Lipinski definition) is 2. The van der Waals surface area contributed by atoms with Gasteiger partial charge in [0.05, 0.1) is 11.8 Å². The molecule has 0 aromatic carbocycles. The van der Waals surface area contributed by atoms with Crippen LogP contribution in [-0.4, -0.2) is 22.6 Å². The zero-order valence-corrected chi connectivity index (χ0v) is 8.50. The van der Waals surface area contributed by atoms with Gasteiger partial charge < -0.3 is 5.32 Å². The summed E-state index contributed by atoms with van der Waals surface area (Å²) in [5, 5.41) is 9.32. The average Bonchev–Trinajstić information content (AvgIpc) is 2.59. The molecule has 4 nitrogen and oxygen atoms in total. The monoisotopic (exact) mass is 193 g/mol. The summed E-state index contributed by atoms with van der Waals surface area (Å²) in [4.78, 5) is 11.5. The molecule has 0 aliphatic rings. The fraction of sp³-hybridized carbons (Fsp3) is 0.400. The molecule has 0 aliphatic carbocycles. The molecule has 0 saturated heterocycles. The van der Waals surface area contributed by atoms with E-state index in [9.17, 15) is 4.79 Å². The van der Waals surface area contributed by atoms with Crippen molar-refractivity contribution in [1.82, 2.24) is 15.5 Å². The van der Waals surface area contributed by atoms with Gasteiger partial charge in [0.1, 0.15) is 0 Å². The zero-order chi connectivity index (χ0) is 10.4. The smallest absolute Gasteiger partial charge is 0.254 e. The first-order valence-electron chi connectivity index (χ1n) is 4.65. The van der Waals surface area contributed by atoms with Gasteiger partial charge in [0.15, 0.2) is 0 Å². The maximum absolute atomic E-state index is 11.5. The second-order valence-electron chi connectivity index (χ2n) is 3.02. The quantitative estimate of drug-likeness (QED) is 0.561. The van der Waals surface area contributed by atoms with Crippen molar-refractivity contribution in [1.29, 1.82) is 0 Å². The van der Waals surface area contributed by atoms with Crippen LogP contribution in [0, 0.1) is 6.92 Å². The number of rotatable bonds is 4. The second kappa shape index (κ2) is 5.21. The lowest BCUT2D eigenvalue weighted by molar-refractivity contribution is 0.0954. The Labute approximate surface area is 83.4 Å². The zero-order valence-electron chi connectivity index (χ0n) is 8.50. The topological polar surface area (TPSA) is 57.8 Å². The Balaban J connectivity index is 2.40. The van der Waals surface area contributed by atoms with Crippen LogP contribution in [0.15, 0.2) is 18.3 Å². The highest BCUT2D eigenvalue weighted by atomic mass is 16.1. The van der Waals surface area contributed by atoms with Crippen LogP contribution in [-0.2, 0) is 0 Å². The molecular formula is C10H15N3O. The van der Waals surface area contributed by atoms with Crippen LogP contribution in [0.3, 0.4) is 0 Å². The van der Waals surface area contributed by atoms with Crippen LogP contribution in [0.1, 0.15) is 29.4 Å². The van der Waals surface area contributed by atoms with Gasteiger partial charge in [-0.3, -0.25) is 9.89 Å². The molecule has 0 aliphatic heterocycles. The van der Waals surface area contributed by atoms with Crippen molar-refractivity contribution < 1.29 is 4.79 Å². The molecule has 4 heteroatoms. The van der Waals surface area contributed by atoms with Crippen LogP contribution in [0.25, 0.3) is 0 Å². The van der Waals surface area contributed by atoms with Crippen molar-refractivity contribution in [2.75, 3.05) is 6.54 Å². The van der Waals surface area contributed by atoms with Crippen LogP contribution >= 0.6 is 0 Å². The van der Waals surface area contributed by atoms with E-state index in [2.05, 4.69) is 15.5 Å². The number of hydrogen-bond acceptors (Lipinski definition) is 2. The van der Waals surface area contributed by atoms with Gasteiger partial charge in [-0.1, -0.05) is 12.2 Å². The third kappa shape index (κ3) is 2.73. The molecule has 0 fully saturated rings. The number of aromatic nitrogens is 2. The van der Waals surface area contributed by atoms with Gasteiger partial charge >= 0.3 is 0 Å². The highest BCUT2D eigenvalue weighted by Gasteiger charge is 2.08. The van der Waals surface area contributed by atoms with Crippen molar-refractivity contribution in [2.45, 2.75) is 20.3 Å². The first-order valence-corrected chi connectivity index (χ1v) is 4.65. The van der Waals surface area contributed by atoms with Gasteiger partial charge in [0.25, 0.3) is 5.91 Å². The van der Waals surface area contributed by atoms with E-state index < -0.39 is 0 Å². The molecule has 2 N–H and O–H groups in total. The van der Waals surface area contributed by atoms with Gasteiger partial charge in [-0.25, -0.2) is 0 Å². The largest absolute Gasteiger partial charge is 0.352 e. The number of aromatic amines is 1. The molecule has 1 amide bonds. The Hall–Kier alpha value is -1.58. The van der Waals surface area contributed by atoms with E-state index in [1.165, 1.54) is 0 Å². The third-order valence-corrected chi connectivity index (χ3v) is 1.91. The molecule has 0 atom stereocenters. The summed E-state index contributed by atoms with van der Waals surface area (Å²) >= 11 is 0. The lowest BCUT2D eigenvalue weighted by atomic mass is 10.2. The summed E-state index contributed by atoms with van der Waals surface area (Å²) in [5.41, 5.74) is 1.42. The lowest BCUT2D eigenvalue weighted by Crippen LogP contribution is -2.24. The number of carbonyl (C=O) groups excluding carboxylic acids is 1. The Bertz CT molecular complexity index is 328. The fourth-order valence-electron chi connectivity index (χ4n) is 1.11. The van der Waals surface area contributed by atoms with Crippen molar-refractivity contribution in [3.63, 3.8) is 0 Å². The number of nitrogens with zero attached hydrogens (tertiary/aromatic N) is 1. The number of H-pyrrole nitrogens is 1. The Morgan fingerprint density at radius 1 is 1.71 bits per heavy atom. The molecule has 0 bridgehead atoms. The number of allylic oxidation sites excluding steroid dienone is 1. The number of aryl methyl sites for hydroxylation is 1. The molecule has 14 heavy (non-hydrogen) atoms. The highest BCUT2D eigenvalue weighted by molar-refractivity contribution is 5.94. The molecule has 0 saturated carbocycles. The second-order valence-corrected chi connectivity index (χ2v) is 3.02. The molecule has 0 radical (unpaired) electrons. The van der Waals surface area contributed by atoms with Crippen LogP contribution in [0.4, 0.5) is 0 Å². The van der Waals surface area contributed by atoms with Crippen LogP contribution < -0.4 is 5.32 Å². The summed E-state index contributed by atoms with van der Waals surface area (Å²) in [6, 6.07) is 0. The van der Waals surface area contributed by atoms with Crippen molar-refractivity contribution in [3.8, 4) is 0 Å². The van der Waals surface area contributed by atoms with Gasteiger partial charge in [0, 0.05) is 12.2 Å². The minimum Gasteiger partial charge on any atom is -0.352 e. The molecule has 0 spiro atoms. The molecule has 76 valence electrons. The van der Waals surface area contributed by atoms with Gasteiger partial charge in [-0.15, -0.1) is 0 Å². The van der Waals surface area contributed by atoms with E-state index in [4.69, 9.17) is 0 Å². The molecule has 1 aromatic heterocycles. The fourth-order valence-corrected chi connectivity index (χ4v) is 1.11. The normalized spacial score (nSPS) is 10.7. The van der Waals surface area contributed by atoms with E-state index in [-0.39, 0.29) is 5.91 Å². The van der Waals surface area contributed by atoms with E-state index in [1.54, 1.807) is 6.20 Å². The molecule has 0 unspecified atom stereocenters. The Morgan fingerprint density at radius 3 is 3.07 bits per heavy atom. The van der Waals surface area contributed by atoms with Gasteiger partial charge in [-0.05, 0) is 20.3 Å². The van der Waals surface area contributed by atoms with E-state index >= 15 is 0 Å². The van der Waals surface area contributed by atoms with Crippen molar-refractivity contribution in [2.24, 2.45) is 0 Å². The average molecular weight is 193 g/mol. The maximum Gasteiger partial charge on any atom is 0.254 e. The first-order chi connectivity index (χ1) is 6.75. The Kier molecular flexibility index (Phi) is 3.91. The predicted octanol–water partition coefficient (Wildman–Crippen LogP) is 1.41. The third-order valence-electron chi connectivity index (χ3n) is 1.91. The first kappa shape index (κ1) is 10.5. The minimum absolute atomic E-state index is 0.0687. The SMILES string of the molecule is C/C=C/CCNC(=O)c1cn[nH]c1C. The highest BCUT2D eigenvalue weighted by Crippen LogP contribution is 2.01. The maximum atomic E-state index is 11.5. The van der Waals surface area contributed by atoms with Gasteiger partial charge in [-0.2, -0.15) is 5.10 Å². The summed E-state index contributed by atoms with van der Waals surface area (Å²) in [5.74, 6) is -0.0687. The number of carbonyl (C=O) groups is 1. The number of amides is 1. The van der Waals surface area contributed by atoms with E-state index in [0.717, 1.165) is 12.1 Å². The van der Waals surface area contributed by atoms with Crippen LogP contribution in [0.2, 0.25) is 0 Å². The number of nitrogens with one attached hydrogen (secondary N) is 2. The lowest BCUT2D eigenvalue weighted by Gasteiger charge is -2.01. The van der Waals surface area contributed by atoms with Crippen molar-refractivity contribution >= 4 is 5.91 Å². The molecular weight excluding hydrogens is 178 g/mol. The molecule has 1 rings (SSSR count). The summed E-state index contributed by atoms with van der Waals surface area (Å²) in [6.07, 6.45) is 6.39. The standard InChI is InChI=1S/C10H15N3O/c1-3-4-5-6-11-10(14)9-7-12-13-8(9)2/h3-4,7H,5-6H2,1-2H3,(H,11,14)(H,12,13)/b4-3+. The van der Waals surface area contributed by atoms with E-state index in [1.807, 2.05) is 26.0 Å². The molecule has 1 heterocycles. The summed E-state index contributed by atoms with van der Waals surface area (Å²) in [6.45, 7) is 4.45. The van der Waals surface area contributed by atoms with Crippen molar-refractivity contribution in [3.05, 3.63) is 29.6 Å². The summed E-state index contributed by atoms with van der Waals surface area (Å²) < 4.78 is 0. The Morgan fingerprint density at radius 2 is 2.50 bits per heavy atom. The van der Waals surface area contributed by atoms with Gasteiger partial charge in [0.2, 0.25) is 0 Å². The summed E-state index contributed by atoms with van der Waals surface area (Å²) in [7, 11) is 0. The minimum atomic E-state index is -0.0687. The van der Waals surface area contributed by atoms with Crippen LogP contribution in [0.5, 0.6) is 0 Å². The predicted molar refractivity (Wildman–Crippen MR) is 55.1 cm³/mol.